The first-order valence-electron chi connectivity index (χ1n) is 9.67. The Morgan fingerprint density at radius 2 is 1.89 bits per heavy atom. The predicted octanol–water partition coefficient (Wildman–Crippen LogP) is 3.23. The summed E-state index contributed by atoms with van der Waals surface area (Å²) in [6.07, 6.45) is 3.80. The van der Waals surface area contributed by atoms with Crippen LogP contribution in [0.25, 0.3) is 0 Å². The van der Waals surface area contributed by atoms with Crippen LogP contribution in [-0.2, 0) is 6.54 Å². The number of halogens is 2. The van der Waals surface area contributed by atoms with E-state index < -0.39 is 6.61 Å². The lowest BCUT2D eigenvalue weighted by molar-refractivity contribution is -0.0512. The van der Waals surface area contributed by atoms with Gasteiger partial charge in [-0.05, 0) is 57.5 Å². The molecule has 28 heavy (non-hydrogen) atoms. The van der Waals surface area contributed by atoms with E-state index in [0.29, 0.717) is 12.5 Å². The Kier molecular flexibility index (Phi) is 8.29. The van der Waals surface area contributed by atoms with Gasteiger partial charge in [-0.2, -0.15) is 8.78 Å². The fourth-order valence-corrected chi connectivity index (χ4v) is 3.34. The molecule has 0 radical (unpaired) electrons. The first-order chi connectivity index (χ1) is 13.4. The maximum Gasteiger partial charge on any atom is 0.387 e. The third-order valence-corrected chi connectivity index (χ3v) is 5.03. The van der Waals surface area contributed by atoms with E-state index in [2.05, 4.69) is 39.1 Å². The van der Waals surface area contributed by atoms with Crippen molar-refractivity contribution in [1.82, 2.24) is 15.5 Å². The number of aliphatic imine (C=N–C) groups is 1. The van der Waals surface area contributed by atoms with Crippen LogP contribution in [-0.4, -0.2) is 56.8 Å². The SMILES string of the molecule is CN=C(NCc1ccc(OC)c(OC(F)F)c1)NCC(C)(C)N1CCCCC1. The second kappa shape index (κ2) is 10.5. The van der Waals surface area contributed by atoms with E-state index >= 15 is 0 Å². The minimum Gasteiger partial charge on any atom is -0.493 e. The van der Waals surface area contributed by atoms with Gasteiger partial charge in [-0.25, -0.2) is 0 Å². The average molecular weight is 398 g/mol. The third-order valence-electron chi connectivity index (χ3n) is 5.03. The third kappa shape index (κ3) is 6.51. The monoisotopic (exact) mass is 398 g/mol. The van der Waals surface area contributed by atoms with Crippen LogP contribution in [0.4, 0.5) is 8.78 Å². The van der Waals surface area contributed by atoms with Gasteiger partial charge in [0.2, 0.25) is 0 Å². The quantitative estimate of drug-likeness (QED) is 0.520. The number of methoxy groups -OCH3 is 1. The fourth-order valence-electron chi connectivity index (χ4n) is 3.34. The molecule has 0 unspecified atom stereocenters. The van der Waals surface area contributed by atoms with Gasteiger partial charge < -0.3 is 20.1 Å². The number of hydrogen-bond acceptors (Lipinski definition) is 4. The summed E-state index contributed by atoms with van der Waals surface area (Å²) in [5.74, 6) is 0.957. The number of benzene rings is 1. The van der Waals surface area contributed by atoms with E-state index in [1.165, 1.54) is 26.4 Å². The molecule has 2 rings (SSSR count). The van der Waals surface area contributed by atoms with Crippen LogP contribution in [0.1, 0.15) is 38.7 Å². The number of rotatable bonds is 8. The highest BCUT2D eigenvalue weighted by Gasteiger charge is 2.27. The Balaban J connectivity index is 1.91. The molecule has 1 saturated heterocycles. The van der Waals surface area contributed by atoms with Gasteiger partial charge in [-0.1, -0.05) is 12.5 Å². The van der Waals surface area contributed by atoms with Gasteiger partial charge in [0.1, 0.15) is 0 Å². The first kappa shape index (κ1) is 22.2. The second-order valence-corrected chi connectivity index (χ2v) is 7.50. The summed E-state index contributed by atoms with van der Waals surface area (Å²) < 4.78 is 34.7. The molecule has 1 aromatic carbocycles. The highest BCUT2D eigenvalue weighted by Crippen LogP contribution is 2.29. The molecular weight excluding hydrogens is 366 g/mol. The molecule has 0 saturated carbocycles. The molecule has 0 atom stereocenters. The number of nitrogens with zero attached hydrogens (tertiary/aromatic N) is 2. The second-order valence-electron chi connectivity index (χ2n) is 7.50. The van der Waals surface area contributed by atoms with E-state index in [1.54, 1.807) is 25.2 Å². The lowest BCUT2D eigenvalue weighted by atomic mass is 9.98. The molecular formula is C20H32F2N4O2. The van der Waals surface area contributed by atoms with Crippen molar-refractivity contribution in [1.29, 1.82) is 0 Å². The molecule has 1 heterocycles. The highest BCUT2D eigenvalue weighted by molar-refractivity contribution is 5.79. The van der Waals surface area contributed by atoms with Crippen LogP contribution in [0.2, 0.25) is 0 Å². The Bertz CT molecular complexity index is 647. The maximum atomic E-state index is 12.6. The van der Waals surface area contributed by atoms with Gasteiger partial charge in [0, 0.05) is 25.7 Å². The summed E-state index contributed by atoms with van der Waals surface area (Å²) in [5.41, 5.74) is 0.811. The van der Waals surface area contributed by atoms with Crippen LogP contribution in [0, 0.1) is 0 Å². The van der Waals surface area contributed by atoms with E-state index in [0.717, 1.165) is 25.2 Å². The van der Waals surface area contributed by atoms with Crippen molar-refractivity contribution in [2.75, 3.05) is 33.8 Å². The molecule has 8 heteroatoms. The van der Waals surface area contributed by atoms with Crippen molar-refractivity contribution in [2.45, 2.75) is 51.8 Å². The Hall–Kier alpha value is -2.09. The van der Waals surface area contributed by atoms with Crippen LogP contribution in [0.15, 0.2) is 23.2 Å². The number of alkyl halides is 2. The van der Waals surface area contributed by atoms with Gasteiger partial charge >= 0.3 is 6.61 Å². The minimum atomic E-state index is -2.90. The predicted molar refractivity (Wildman–Crippen MR) is 107 cm³/mol. The van der Waals surface area contributed by atoms with E-state index in [4.69, 9.17) is 4.74 Å². The van der Waals surface area contributed by atoms with E-state index in [1.807, 2.05) is 0 Å². The topological polar surface area (TPSA) is 58.1 Å². The van der Waals surface area contributed by atoms with Crippen LogP contribution < -0.4 is 20.1 Å². The lowest BCUT2D eigenvalue weighted by Gasteiger charge is -2.41. The number of piperidine rings is 1. The molecule has 0 bridgehead atoms. The van der Waals surface area contributed by atoms with Crippen molar-refractivity contribution in [3.8, 4) is 11.5 Å². The number of likely N-dealkylation sites (tertiary alicyclic amines) is 1. The normalized spacial score (nSPS) is 16.2. The summed E-state index contributed by atoms with van der Waals surface area (Å²) in [5, 5.41) is 6.58. The van der Waals surface area contributed by atoms with Crippen molar-refractivity contribution < 1.29 is 18.3 Å². The number of guanidine groups is 1. The zero-order valence-corrected chi connectivity index (χ0v) is 17.2. The zero-order chi connectivity index (χ0) is 20.6. The molecule has 0 aliphatic carbocycles. The Morgan fingerprint density at radius 3 is 2.50 bits per heavy atom. The summed E-state index contributed by atoms with van der Waals surface area (Å²) in [7, 11) is 3.13. The minimum absolute atomic E-state index is 0.0194. The van der Waals surface area contributed by atoms with Gasteiger partial charge in [0.05, 0.1) is 7.11 Å². The van der Waals surface area contributed by atoms with E-state index in [-0.39, 0.29) is 17.0 Å². The summed E-state index contributed by atoms with van der Waals surface area (Å²) in [4.78, 5) is 6.76. The van der Waals surface area contributed by atoms with Crippen LogP contribution in [0.3, 0.4) is 0 Å². The van der Waals surface area contributed by atoms with Crippen molar-refractivity contribution in [3.05, 3.63) is 23.8 Å². The molecule has 6 nitrogen and oxygen atoms in total. The first-order valence-corrected chi connectivity index (χ1v) is 9.67. The van der Waals surface area contributed by atoms with Crippen molar-refractivity contribution >= 4 is 5.96 Å². The van der Waals surface area contributed by atoms with Gasteiger partial charge in [0.15, 0.2) is 17.5 Å². The smallest absolute Gasteiger partial charge is 0.387 e. The average Bonchev–Trinajstić information content (AvgIpc) is 2.68. The van der Waals surface area contributed by atoms with Gasteiger partial charge in [-0.3, -0.25) is 9.89 Å². The molecule has 0 aromatic heterocycles. The lowest BCUT2D eigenvalue weighted by Crippen LogP contribution is -2.54. The standard InChI is InChI=1S/C20H32F2N4O2/c1-20(2,26-10-6-5-7-11-26)14-25-19(23-3)24-13-15-8-9-16(27-4)17(12-15)28-18(21)22/h8-9,12,18H,5-7,10-11,13-14H2,1-4H3,(H2,23,24,25). The van der Waals surface area contributed by atoms with Gasteiger partial charge in [0.25, 0.3) is 0 Å². The summed E-state index contributed by atoms with van der Waals surface area (Å²) in [6, 6.07) is 4.96. The molecule has 1 fully saturated rings. The summed E-state index contributed by atoms with van der Waals surface area (Å²) in [6.45, 7) is 5.00. The largest absolute Gasteiger partial charge is 0.493 e. The van der Waals surface area contributed by atoms with Gasteiger partial charge in [-0.15, -0.1) is 0 Å². The highest BCUT2D eigenvalue weighted by atomic mass is 19.3. The zero-order valence-electron chi connectivity index (χ0n) is 17.2. The molecule has 1 aromatic rings. The molecule has 1 aliphatic rings. The van der Waals surface area contributed by atoms with Crippen molar-refractivity contribution in [3.63, 3.8) is 0 Å². The number of hydrogen-bond donors (Lipinski definition) is 2. The molecule has 2 N–H and O–H groups in total. The molecule has 1 aliphatic heterocycles. The van der Waals surface area contributed by atoms with Crippen molar-refractivity contribution in [2.24, 2.45) is 4.99 Å². The van der Waals surface area contributed by atoms with Crippen LogP contribution in [0.5, 0.6) is 11.5 Å². The Morgan fingerprint density at radius 1 is 1.18 bits per heavy atom. The fraction of sp³-hybridized carbons (Fsp3) is 0.650. The van der Waals surface area contributed by atoms with E-state index in [9.17, 15) is 8.78 Å². The number of nitrogens with one attached hydrogen (secondary N) is 2. The Labute approximate surface area is 166 Å². The van der Waals surface area contributed by atoms with Crippen LogP contribution >= 0.6 is 0 Å². The molecule has 158 valence electrons. The molecule has 0 amide bonds. The maximum absolute atomic E-state index is 12.6. The molecule has 0 spiro atoms. The number of ether oxygens (including phenoxy) is 2. The summed E-state index contributed by atoms with van der Waals surface area (Å²) >= 11 is 0.